The monoisotopic (exact) mass is 372 g/mol. The lowest BCUT2D eigenvalue weighted by atomic mass is 10.1. The van der Waals surface area contributed by atoms with Crippen LogP contribution in [0.15, 0.2) is 41.0 Å². The van der Waals surface area contributed by atoms with Crippen molar-refractivity contribution in [3.8, 4) is 0 Å². The lowest BCUT2D eigenvalue weighted by Crippen LogP contribution is -2.45. The largest absolute Gasteiger partial charge is 0.446 e. The Bertz CT molecular complexity index is 787. The van der Waals surface area contributed by atoms with E-state index in [0.29, 0.717) is 18.0 Å². The van der Waals surface area contributed by atoms with Gasteiger partial charge in [0, 0.05) is 12.3 Å². The van der Waals surface area contributed by atoms with Crippen molar-refractivity contribution in [2.45, 2.75) is 51.5 Å². The van der Waals surface area contributed by atoms with E-state index in [0.717, 1.165) is 11.8 Å². The molecule has 0 bridgehead atoms. The molecule has 144 valence electrons. The van der Waals surface area contributed by atoms with Gasteiger partial charge in [0.2, 0.25) is 5.89 Å². The molecule has 0 aliphatic carbocycles. The van der Waals surface area contributed by atoms with E-state index in [9.17, 15) is 9.59 Å². The summed E-state index contributed by atoms with van der Waals surface area (Å²) in [5.41, 5.74) is 0.738. The minimum absolute atomic E-state index is 0.0474. The molecule has 1 aromatic heterocycles. The average Bonchev–Trinajstić information content (AvgIpc) is 3.25. The van der Waals surface area contributed by atoms with Gasteiger partial charge in [-0.05, 0) is 19.4 Å². The quantitative estimate of drug-likeness (QED) is 0.717. The van der Waals surface area contributed by atoms with Gasteiger partial charge in [-0.25, -0.2) is 9.78 Å². The Morgan fingerprint density at radius 2 is 2.15 bits per heavy atom. The summed E-state index contributed by atoms with van der Waals surface area (Å²) in [6.07, 6.45) is 2.25. The molecule has 0 spiro atoms. The summed E-state index contributed by atoms with van der Waals surface area (Å²) >= 11 is 0. The summed E-state index contributed by atoms with van der Waals surface area (Å²) in [6, 6.07) is 8.99. The highest BCUT2D eigenvalue weighted by Crippen LogP contribution is 2.37. The van der Waals surface area contributed by atoms with Gasteiger partial charge < -0.3 is 18.7 Å². The number of benzene rings is 1. The average molecular weight is 372 g/mol. The van der Waals surface area contributed by atoms with Crippen LogP contribution in [0.25, 0.3) is 0 Å². The summed E-state index contributed by atoms with van der Waals surface area (Å²) in [6.45, 7) is 5.93. The lowest BCUT2D eigenvalue weighted by Gasteiger charge is -2.31. The molecule has 7 heteroatoms. The highest BCUT2D eigenvalue weighted by atomic mass is 16.6. The van der Waals surface area contributed by atoms with E-state index in [1.807, 2.05) is 37.3 Å². The third-order valence-electron chi connectivity index (χ3n) is 4.67. The maximum absolute atomic E-state index is 12.8. The van der Waals surface area contributed by atoms with Crippen molar-refractivity contribution >= 4 is 12.4 Å². The molecule has 0 saturated carbocycles. The lowest BCUT2D eigenvalue weighted by molar-refractivity contribution is -0.108. The normalized spacial score (nSPS) is 19.7. The van der Waals surface area contributed by atoms with E-state index in [1.54, 1.807) is 13.8 Å². The summed E-state index contributed by atoms with van der Waals surface area (Å²) in [5, 5.41) is 0. The number of rotatable bonds is 6. The van der Waals surface area contributed by atoms with Gasteiger partial charge in [0.05, 0.1) is 12.3 Å². The van der Waals surface area contributed by atoms with Crippen molar-refractivity contribution in [2.24, 2.45) is 0 Å². The molecule has 3 rings (SSSR count). The molecule has 1 amide bonds. The Kier molecular flexibility index (Phi) is 5.60. The van der Waals surface area contributed by atoms with Crippen LogP contribution in [-0.2, 0) is 20.9 Å². The van der Waals surface area contributed by atoms with Crippen LogP contribution >= 0.6 is 0 Å². The van der Waals surface area contributed by atoms with E-state index in [2.05, 4.69) is 4.98 Å². The fourth-order valence-corrected chi connectivity index (χ4v) is 3.07. The first-order chi connectivity index (χ1) is 12.9. The second kappa shape index (κ2) is 7.92. The fraction of sp³-hybridized carbons (Fsp3) is 0.450. The van der Waals surface area contributed by atoms with Crippen LogP contribution in [-0.4, -0.2) is 34.6 Å². The van der Waals surface area contributed by atoms with Gasteiger partial charge in [-0.1, -0.05) is 37.3 Å². The predicted molar refractivity (Wildman–Crippen MR) is 96.8 cm³/mol. The number of amides is 1. The SMILES string of the molecule is C[C@@H](CC=O)c1coc([C@@H]2COC(C)(C)N2C(=O)OCc2ccccc2)n1. The van der Waals surface area contributed by atoms with Gasteiger partial charge in [-0.2, -0.15) is 0 Å². The topological polar surface area (TPSA) is 81.9 Å². The van der Waals surface area contributed by atoms with Gasteiger partial charge in [0.25, 0.3) is 0 Å². The zero-order valence-electron chi connectivity index (χ0n) is 15.8. The molecule has 1 aliphatic heterocycles. The molecule has 2 heterocycles. The third-order valence-corrected chi connectivity index (χ3v) is 4.67. The van der Waals surface area contributed by atoms with Crippen molar-refractivity contribution in [1.29, 1.82) is 0 Å². The molecular formula is C20H24N2O5. The molecule has 0 radical (unpaired) electrons. The van der Waals surface area contributed by atoms with E-state index < -0.39 is 17.9 Å². The molecule has 27 heavy (non-hydrogen) atoms. The van der Waals surface area contributed by atoms with Crippen LogP contribution in [0.1, 0.15) is 56.3 Å². The zero-order valence-corrected chi connectivity index (χ0v) is 15.8. The van der Waals surface area contributed by atoms with Crippen molar-refractivity contribution in [2.75, 3.05) is 6.61 Å². The molecule has 0 N–H and O–H groups in total. The number of hydrogen-bond donors (Lipinski definition) is 0. The molecule has 1 fully saturated rings. The third kappa shape index (κ3) is 4.19. The number of hydrogen-bond acceptors (Lipinski definition) is 6. The summed E-state index contributed by atoms with van der Waals surface area (Å²) < 4.78 is 16.9. The number of oxazole rings is 1. The van der Waals surface area contributed by atoms with E-state index in [-0.39, 0.29) is 19.1 Å². The van der Waals surface area contributed by atoms with E-state index in [1.165, 1.54) is 11.2 Å². The Balaban J connectivity index is 1.75. The first kappa shape index (κ1) is 19.1. The molecular weight excluding hydrogens is 348 g/mol. The Morgan fingerprint density at radius 3 is 2.85 bits per heavy atom. The zero-order chi connectivity index (χ0) is 19.4. The molecule has 2 aromatic rings. The van der Waals surface area contributed by atoms with E-state index in [4.69, 9.17) is 13.9 Å². The first-order valence-corrected chi connectivity index (χ1v) is 8.95. The minimum Gasteiger partial charge on any atom is -0.446 e. The van der Waals surface area contributed by atoms with E-state index >= 15 is 0 Å². The van der Waals surface area contributed by atoms with Gasteiger partial charge in [-0.3, -0.25) is 4.90 Å². The van der Waals surface area contributed by atoms with Crippen molar-refractivity contribution in [3.05, 3.63) is 53.7 Å². The molecule has 1 aliphatic rings. The highest BCUT2D eigenvalue weighted by molar-refractivity contribution is 5.69. The number of carbonyl (C=O) groups is 2. The molecule has 7 nitrogen and oxygen atoms in total. The van der Waals surface area contributed by atoms with Crippen molar-refractivity contribution in [3.63, 3.8) is 0 Å². The number of aldehydes is 1. The van der Waals surface area contributed by atoms with Crippen LogP contribution < -0.4 is 0 Å². The smallest absolute Gasteiger partial charge is 0.413 e. The maximum Gasteiger partial charge on any atom is 0.413 e. The number of ether oxygens (including phenoxy) is 2. The van der Waals surface area contributed by atoms with Crippen LogP contribution in [0.5, 0.6) is 0 Å². The molecule has 1 saturated heterocycles. The Hall–Kier alpha value is -2.67. The Morgan fingerprint density at radius 1 is 1.41 bits per heavy atom. The maximum atomic E-state index is 12.8. The van der Waals surface area contributed by atoms with Crippen LogP contribution in [0.4, 0.5) is 4.79 Å². The van der Waals surface area contributed by atoms with Crippen LogP contribution in [0.2, 0.25) is 0 Å². The summed E-state index contributed by atoms with van der Waals surface area (Å²) in [5.74, 6) is 0.332. The number of nitrogens with zero attached hydrogens (tertiary/aromatic N) is 2. The summed E-state index contributed by atoms with van der Waals surface area (Å²) in [4.78, 5) is 29.5. The molecule has 0 unspecified atom stereocenters. The van der Waals surface area contributed by atoms with Gasteiger partial charge in [0.1, 0.15) is 30.9 Å². The first-order valence-electron chi connectivity index (χ1n) is 8.95. The second-order valence-electron chi connectivity index (χ2n) is 7.10. The highest BCUT2D eigenvalue weighted by Gasteiger charge is 2.47. The minimum atomic E-state index is -0.846. The van der Waals surface area contributed by atoms with Crippen molar-refractivity contribution < 1.29 is 23.5 Å². The fourth-order valence-electron chi connectivity index (χ4n) is 3.07. The predicted octanol–water partition coefficient (Wildman–Crippen LogP) is 3.81. The standard InChI is InChI=1S/C20H24N2O5/c1-14(9-10-23)16-12-25-18(21-16)17-13-27-20(2,3)22(17)19(24)26-11-15-7-5-4-6-8-15/h4-8,10,12,14,17H,9,11,13H2,1-3H3/t14-,17-/m0/s1. The van der Waals surface area contributed by atoms with Gasteiger partial charge in [-0.15, -0.1) is 0 Å². The number of aromatic nitrogens is 1. The molecule has 1 aromatic carbocycles. The van der Waals surface area contributed by atoms with Gasteiger partial charge in [0.15, 0.2) is 0 Å². The Labute approximate surface area is 158 Å². The van der Waals surface area contributed by atoms with Crippen molar-refractivity contribution in [1.82, 2.24) is 9.88 Å². The number of carbonyl (C=O) groups excluding carboxylic acids is 2. The van der Waals surface area contributed by atoms with Crippen LogP contribution in [0.3, 0.4) is 0 Å². The molecule has 2 atom stereocenters. The van der Waals surface area contributed by atoms with Crippen LogP contribution in [0, 0.1) is 0 Å². The second-order valence-corrected chi connectivity index (χ2v) is 7.10. The van der Waals surface area contributed by atoms with Gasteiger partial charge >= 0.3 is 6.09 Å². The summed E-state index contributed by atoms with van der Waals surface area (Å²) in [7, 11) is 0.